The summed E-state index contributed by atoms with van der Waals surface area (Å²) in [5.74, 6) is 0. The minimum atomic E-state index is 1.12. The third-order valence-electron chi connectivity index (χ3n) is 9.99. The highest BCUT2D eigenvalue weighted by molar-refractivity contribution is 7.26. The number of hydrogen-bond acceptors (Lipinski definition) is 2. The van der Waals surface area contributed by atoms with Crippen LogP contribution in [0.3, 0.4) is 0 Å². The monoisotopic (exact) mass is 668 g/mol. The molecule has 0 aliphatic rings. The van der Waals surface area contributed by atoms with Gasteiger partial charge in [-0.2, -0.15) is 0 Å². The lowest BCUT2D eigenvalue weighted by Gasteiger charge is -2.29. The van der Waals surface area contributed by atoms with E-state index >= 15 is 0 Å². The highest BCUT2D eigenvalue weighted by Gasteiger charge is 2.23. The van der Waals surface area contributed by atoms with Crippen molar-refractivity contribution < 1.29 is 0 Å². The second-order valence-electron chi connectivity index (χ2n) is 12.9. The first-order valence-corrected chi connectivity index (χ1v) is 18.2. The smallest absolute Gasteiger partial charge is 0.0718 e. The van der Waals surface area contributed by atoms with Gasteiger partial charge in [0.05, 0.1) is 21.4 Å². The van der Waals surface area contributed by atoms with Crippen LogP contribution in [0.5, 0.6) is 0 Å². The van der Waals surface area contributed by atoms with Crippen LogP contribution in [-0.2, 0) is 0 Å². The maximum Gasteiger partial charge on any atom is 0.0718 e. The molecule has 0 N–H and O–H groups in total. The lowest BCUT2D eigenvalue weighted by Crippen LogP contribution is -2.11. The van der Waals surface area contributed by atoms with Crippen molar-refractivity contribution >= 4 is 70.4 Å². The fourth-order valence-corrected chi connectivity index (χ4v) is 8.88. The van der Waals surface area contributed by atoms with Gasteiger partial charge in [0.2, 0.25) is 0 Å². The van der Waals surface area contributed by atoms with E-state index in [0.717, 1.165) is 17.1 Å². The van der Waals surface area contributed by atoms with Crippen LogP contribution in [0.15, 0.2) is 194 Å². The van der Waals surface area contributed by atoms with Gasteiger partial charge < -0.3 is 9.47 Å². The van der Waals surface area contributed by atoms with Crippen molar-refractivity contribution in [1.82, 2.24) is 4.57 Å². The van der Waals surface area contributed by atoms with E-state index in [0.29, 0.717) is 0 Å². The molecule has 2 heterocycles. The standard InChI is InChI=1S/C48H32N2S/c1-4-14-33(15-5-1)34-24-27-38(28-25-34)49(36-16-6-2-7-17-36)47-39(29-30-42-41-21-11-13-23-46(41)51-48(42)47)35-26-31-45-43(32-35)40-20-10-12-22-44(40)50(45)37-18-8-3-9-19-37/h1-32H. The number of nitrogens with zero attached hydrogens (tertiary/aromatic N) is 2. The lowest BCUT2D eigenvalue weighted by molar-refractivity contribution is 1.18. The Balaban J connectivity index is 1.25. The molecule has 0 unspecified atom stereocenters. The molecule has 0 atom stereocenters. The lowest BCUT2D eigenvalue weighted by atomic mass is 9.97. The maximum atomic E-state index is 2.46. The summed E-state index contributed by atoms with van der Waals surface area (Å²) in [5.41, 5.74) is 11.8. The van der Waals surface area contributed by atoms with E-state index in [1.54, 1.807) is 0 Å². The molecule has 10 rings (SSSR count). The molecular weight excluding hydrogens is 637 g/mol. The van der Waals surface area contributed by atoms with Gasteiger partial charge in [0.1, 0.15) is 0 Å². The zero-order chi connectivity index (χ0) is 33.7. The van der Waals surface area contributed by atoms with Gasteiger partial charge in [0.25, 0.3) is 0 Å². The zero-order valence-corrected chi connectivity index (χ0v) is 28.6. The molecule has 2 aromatic heterocycles. The number of anilines is 3. The van der Waals surface area contributed by atoms with Gasteiger partial charge in [0.15, 0.2) is 0 Å². The second-order valence-corrected chi connectivity index (χ2v) is 14.0. The Kier molecular flexibility index (Phi) is 7.04. The molecule has 0 bridgehead atoms. The van der Waals surface area contributed by atoms with Crippen molar-refractivity contribution in [3.63, 3.8) is 0 Å². The molecule has 240 valence electrons. The van der Waals surface area contributed by atoms with E-state index in [1.807, 2.05) is 11.3 Å². The SMILES string of the molecule is c1ccc(-c2ccc(N(c3ccccc3)c3c(-c4ccc5c(c4)c4ccccc4n5-c4ccccc4)ccc4c3sc3ccccc34)cc2)cc1. The maximum absolute atomic E-state index is 2.46. The highest BCUT2D eigenvalue weighted by atomic mass is 32.1. The molecule has 0 radical (unpaired) electrons. The molecule has 0 amide bonds. The van der Waals surface area contributed by atoms with E-state index < -0.39 is 0 Å². The molecule has 8 aromatic carbocycles. The molecule has 51 heavy (non-hydrogen) atoms. The van der Waals surface area contributed by atoms with Gasteiger partial charge in [-0.3, -0.25) is 0 Å². The molecule has 0 aliphatic heterocycles. The number of fused-ring (bicyclic) bond motifs is 6. The molecular formula is C48H32N2S. The quantitative estimate of drug-likeness (QED) is 0.171. The summed E-state index contributed by atoms with van der Waals surface area (Å²) in [6, 6.07) is 70.3. The highest BCUT2D eigenvalue weighted by Crippen LogP contribution is 2.50. The molecule has 3 heteroatoms. The average Bonchev–Trinajstić information content (AvgIpc) is 3.75. The van der Waals surface area contributed by atoms with Crippen LogP contribution in [0.2, 0.25) is 0 Å². The van der Waals surface area contributed by atoms with Crippen LogP contribution in [-0.4, -0.2) is 4.57 Å². The number of aromatic nitrogens is 1. The first kappa shape index (κ1) is 29.5. The van der Waals surface area contributed by atoms with Crippen LogP contribution < -0.4 is 4.90 Å². The predicted octanol–water partition coefficient (Wildman–Crippen LogP) is 14.0. The Hall–Kier alpha value is -6.42. The van der Waals surface area contributed by atoms with Crippen molar-refractivity contribution in [2.24, 2.45) is 0 Å². The van der Waals surface area contributed by atoms with Crippen molar-refractivity contribution in [3.8, 4) is 27.9 Å². The van der Waals surface area contributed by atoms with Gasteiger partial charge in [-0.15, -0.1) is 11.3 Å². The van der Waals surface area contributed by atoms with Crippen molar-refractivity contribution in [2.45, 2.75) is 0 Å². The van der Waals surface area contributed by atoms with Crippen LogP contribution in [0, 0.1) is 0 Å². The first-order chi connectivity index (χ1) is 25.3. The number of benzene rings is 8. The van der Waals surface area contributed by atoms with Crippen LogP contribution in [0.4, 0.5) is 17.1 Å². The summed E-state index contributed by atoms with van der Waals surface area (Å²) in [5, 5.41) is 5.06. The van der Waals surface area contributed by atoms with E-state index in [9.17, 15) is 0 Å². The summed E-state index contributed by atoms with van der Waals surface area (Å²) in [7, 11) is 0. The Morgan fingerprint density at radius 2 is 0.980 bits per heavy atom. The normalized spacial score (nSPS) is 11.5. The summed E-state index contributed by atoms with van der Waals surface area (Å²) >= 11 is 1.88. The van der Waals surface area contributed by atoms with Gasteiger partial charge in [0, 0.05) is 48.9 Å². The molecule has 2 nitrogen and oxygen atoms in total. The third kappa shape index (κ3) is 4.93. The van der Waals surface area contributed by atoms with Crippen molar-refractivity contribution in [1.29, 1.82) is 0 Å². The van der Waals surface area contributed by atoms with E-state index in [1.165, 1.54) is 69.9 Å². The minimum Gasteiger partial charge on any atom is -0.309 e. The second kappa shape index (κ2) is 12.2. The average molecular weight is 669 g/mol. The third-order valence-corrected chi connectivity index (χ3v) is 11.2. The Labute approximate surface area is 300 Å². The number of hydrogen-bond donors (Lipinski definition) is 0. The topological polar surface area (TPSA) is 8.17 Å². The predicted molar refractivity (Wildman–Crippen MR) is 219 cm³/mol. The summed E-state index contributed by atoms with van der Waals surface area (Å²) in [6.45, 7) is 0. The minimum absolute atomic E-state index is 1.12. The zero-order valence-electron chi connectivity index (χ0n) is 27.8. The Bertz CT molecular complexity index is 2830. The largest absolute Gasteiger partial charge is 0.309 e. The molecule has 10 aromatic rings. The molecule has 0 saturated carbocycles. The first-order valence-electron chi connectivity index (χ1n) is 17.4. The van der Waals surface area contributed by atoms with E-state index in [2.05, 4.69) is 204 Å². The van der Waals surface area contributed by atoms with Crippen LogP contribution >= 0.6 is 11.3 Å². The summed E-state index contributed by atoms with van der Waals surface area (Å²) < 4.78 is 4.95. The molecule has 0 fully saturated rings. The van der Waals surface area contributed by atoms with Crippen molar-refractivity contribution in [3.05, 3.63) is 194 Å². The Morgan fingerprint density at radius 3 is 1.76 bits per heavy atom. The summed E-state index contributed by atoms with van der Waals surface area (Å²) in [6.07, 6.45) is 0. The molecule has 0 spiro atoms. The Morgan fingerprint density at radius 1 is 0.392 bits per heavy atom. The van der Waals surface area contributed by atoms with Gasteiger partial charge in [-0.1, -0.05) is 133 Å². The number of thiophene rings is 1. The fourth-order valence-electron chi connectivity index (χ4n) is 7.64. The van der Waals surface area contributed by atoms with Crippen LogP contribution in [0.25, 0.3) is 69.9 Å². The van der Waals surface area contributed by atoms with Gasteiger partial charge in [-0.25, -0.2) is 0 Å². The molecule has 0 saturated heterocycles. The molecule has 0 aliphatic carbocycles. The van der Waals surface area contributed by atoms with Crippen molar-refractivity contribution in [2.75, 3.05) is 4.90 Å². The van der Waals surface area contributed by atoms with Gasteiger partial charge in [-0.05, 0) is 77.4 Å². The van der Waals surface area contributed by atoms with E-state index in [-0.39, 0.29) is 0 Å². The number of rotatable bonds is 6. The van der Waals surface area contributed by atoms with Gasteiger partial charge >= 0.3 is 0 Å². The van der Waals surface area contributed by atoms with E-state index in [4.69, 9.17) is 0 Å². The fraction of sp³-hybridized carbons (Fsp3) is 0. The van der Waals surface area contributed by atoms with Crippen LogP contribution in [0.1, 0.15) is 0 Å². The summed E-state index contributed by atoms with van der Waals surface area (Å²) in [4.78, 5) is 2.46. The number of para-hydroxylation sites is 3.